The van der Waals surface area contributed by atoms with Crippen LogP contribution in [-0.2, 0) is 44.7 Å². The average Bonchev–Trinajstić information content (AvgIpc) is 3.32. The minimum Gasteiger partial charge on any atom is -0.656 e. The second-order valence-corrected chi connectivity index (χ2v) is 12.4. The van der Waals surface area contributed by atoms with E-state index < -0.39 is 0 Å². The van der Waals surface area contributed by atoms with Gasteiger partial charge >= 0.3 is 26.2 Å². The minimum absolute atomic E-state index is 0. The molecule has 1 spiro atoms. The maximum absolute atomic E-state index is 5.34. The van der Waals surface area contributed by atoms with E-state index in [-0.39, 0.29) is 43.7 Å². The summed E-state index contributed by atoms with van der Waals surface area (Å²) in [6.07, 6.45) is 7.49. The number of benzene rings is 4. The summed E-state index contributed by atoms with van der Waals surface area (Å²) in [5, 5.41) is 10.7. The predicted octanol–water partition coefficient (Wildman–Crippen LogP) is 9.59. The number of pyridine rings is 2. The summed E-state index contributed by atoms with van der Waals surface area (Å²) in [6, 6.07) is 46.2. The van der Waals surface area contributed by atoms with Gasteiger partial charge in [-0.1, -0.05) is 83.9 Å². The third-order valence-corrected chi connectivity index (χ3v) is 9.60. The van der Waals surface area contributed by atoms with Crippen molar-refractivity contribution in [2.45, 2.75) is 42.4 Å². The molecule has 1 saturated carbocycles. The van der Waals surface area contributed by atoms with Gasteiger partial charge in [-0.05, 0) is 46.2 Å². The molecule has 0 aliphatic heterocycles. The fraction of sp³-hybridized carbons (Fsp3) is 0.163. The summed E-state index contributed by atoms with van der Waals surface area (Å²) in [4.78, 5) is 8.58. The molecule has 3 aliphatic rings. The Balaban J connectivity index is 0.000000223. The third kappa shape index (κ3) is 6.43. The number of rotatable bonds is 6. The van der Waals surface area contributed by atoms with Crippen molar-refractivity contribution in [1.82, 2.24) is 9.97 Å². The molecule has 48 heavy (non-hydrogen) atoms. The maximum Gasteiger partial charge on any atom is 4.00 e. The first-order chi connectivity index (χ1) is 23.2. The van der Waals surface area contributed by atoms with Gasteiger partial charge in [-0.25, -0.2) is 0 Å². The van der Waals surface area contributed by atoms with Crippen molar-refractivity contribution >= 4 is 0 Å². The molecule has 4 aromatic carbocycles. The van der Waals surface area contributed by atoms with Crippen LogP contribution in [0.2, 0.25) is 0 Å². The zero-order chi connectivity index (χ0) is 32.1. The second-order valence-electron chi connectivity index (χ2n) is 12.4. The Morgan fingerprint density at radius 1 is 0.500 bits per heavy atom. The Kier molecular flexibility index (Phi) is 10.7. The molecule has 2 heterocycles. The maximum atomic E-state index is 5.34. The summed E-state index contributed by atoms with van der Waals surface area (Å²) >= 11 is 0. The van der Waals surface area contributed by atoms with Gasteiger partial charge < -0.3 is 10.6 Å². The molecule has 2 unspecified atom stereocenters. The van der Waals surface area contributed by atoms with E-state index in [2.05, 4.69) is 84.5 Å². The molecular weight excluding hydrogens is 664 g/mol. The smallest absolute Gasteiger partial charge is 0.656 e. The predicted molar refractivity (Wildman–Crippen MR) is 191 cm³/mol. The van der Waals surface area contributed by atoms with Crippen LogP contribution in [0.1, 0.15) is 56.3 Å². The number of nitrogens with zero attached hydrogens (tertiary/aromatic N) is 4. The van der Waals surface area contributed by atoms with Crippen LogP contribution in [0.5, 0.6) is 0 Å². The summed E-state index contributed by atoms with van der Waals surface area (Å²) < 4.78 is 0. The van der Waals surface area contributed by atoms with Gasteiger partial charge in [0.15, 0.2) is 0 Å². The molecule has 0 saturated heterocycles. The van der Waals surface area contributed by atoms with Gasteiger partial charge in [-0.2, -0.15) is 49.2 Å². The van der Waals surface area contributed by atoms with E-state index in [1.54, 1.807) is 0 Å². The van der Waals surface area contributed by atoms with Gasteiger partial charge in [0.1, 0.15) is 0 Å². The molecule has 0 N–H and O–H groups in total. The van der Waals surface area contributed by atoms with Crippen molar-refractivity contribution in [3.8, 4) is 0 Å². The molecule has 0 bridgehead atoms. The zero-order valence-electron chi connectivity index (χ0n) is 26.9. The number of aromatic nitrogens is 2. The molecule has 0 amide bonds. The third-order valence-electron chi connectivity index (χ3n) is 9.60. The number of hydrogen-bond donors (Lipinski definition) is 0. The Morgan fingerprint density at radius 3 is 1.25 bits per heavy atom. The van der Waals surface area contributed by atoms with Crippen LogP contribution in [0.15, 0.2) is 158 Å². The molecule has 6 aromatic rings. The molecule has 4 nitrogen and oxygen atoms in total. The van der Waals surface area contributed by atoms with E-state index in [1.165, 1.54) is 22.3 Å². The zero-order valence-corrected chi connectivity index (χ0v) is 29.4. The van der Waals surface area contributed by atoms with Crippen LogP contribution >= 0.6 is 0 Å². The Hall–Kier alpha value is -4.28. The largest absolute Gasteiger partial charge is 4.00 e. The van der Waals surface area contributed by atoms with Crippen LogP contribution in [0, 0.1) is 13.8 Å². The van der Waals surface area contributed by atoms with Crippen molar-refractivity contribution in [3.63, 3.8) is 0 Å². The van der Waals surface area contributed by atoms with Crippen LogP contribution in [-0.4, -0.2) is 22.1 Å². The van der Waals surface area contributed by atoms with Crippen LogP contribution < -0.4 is 0 Å². The SMILES string of the molecule is [CH2-]c1ccccc1.[CH2-]c1ccccc1.[Zr+4].c1cncc(C[N-][C@@H]2C3c4ccccc4C34c3ccccc3C4[C@H]2[N-]Cc2cccnc2)c1. The van der Waals surface area contributed by atoms with Crippen molar-refractivity contribution in [1.29, 1.82) is 0 Å². The average molecular weight is 702 g/mol. The van der Waals surface area contributed by atoms with Gasteiger partial charge in [0.2, 0.25) is 0 Å². The first kappa shape index (κ1) is 33.6. The molecule has 5 heteroatoms. The normalized spacial score (nSPS) is 21.8. The molecule has 9 rings (SSSR count). The molecular formula is C43H38N4Zr. The van der Waals surface area contributed by atoms with Gasteiger partial charge in [0, 0.05) is 30.2 Å². The fourth-order valence-corrected chi connectivity index (χ4v) is 7.72. The summed E-state index contributed by atoms with van der Waals surface area (Å²) in [5.41, 5.74) is 10.4. The van der Waals surface area contributed by atoms with Crippen molar-refractivity contribution in [3.05, 3.63) is 227 Å². The molecule has 0 radical (unpaired) electrons. The van der Waals surface area contributed by atoms with Gasteiger partial charge in [-0.15, -0.1) is 49.4 Å². The van der Waals surface area contributed by atoms with E-state index in [9.17, 15) is 0 Å². The molecule has 3 aliphatic carbocycles. The first-order valence-corrected chi connectivity index (χ1v) is 16.2. The van der Waals surface area contributed by atoms with E-state index in [4.69, 9.17) is 10.6 Å². The van der Waals surface area contributed by atoms with E-state index >= 15 is 0 Å². The van der Waals surface area contributed by atoms with E-state index in [1.807, 2.05) is 97.6 Å². The molecule has 234 valence electrons. The van der Waals surface area contributed by atoms with Crippen molar-refractivity contribution in [2.75, 3.05) is 0 Å². The topological polar surface area (TPSA) is 54.0 Å². The number of fused-ring (bicyclic) bond motifs is 4. The second kappa shape index (κ2) is 15.3. The van der Waals surface area contributed by atoms with Crippen LogP contribution in [0.3, 0.4) is 0 Å². The molecule has 1 fully saturated rings. The van der Waals surface area contributed by atoms with E-state index in [0.717, 1.165) is 22.3 Å². The molecule has 2 aromatic heterocycles. The van der Waals surface area contributed by atoms with Crippen molar-refractivity contribution in [2.24, 2.45) is 0 Å². The Morgan fingerprint density at radius 2 is 0.896 bits per heavy atom. The summed E-state index contributed by atoms with van der Waals surface area (Å²) in [7, 11) is 0. The fourth-order valence-electron chi connectivity index (χ4n) is 7.72. The Bertz CT molecular complexity index is 1740. The monoisotopic (exact) mass is 700 g/mol. The van der Waals surface area contributed by atoms with Gasteiger partial charge in [-0.3, -0.25) is 9.97 Å². The van der Waals surface area contributed by atoms with Crippen LogP contribution in [0.4, 0.5) is 0 Å². The first-order valence-electron chi connectivity index (χ1n) is 16.2. The summed E-state index contributed by atoms with van der Waals surface area (Å²) in [6.45, 7) is 8.79. The van der Waals surface area contributed by atoms with E-state index in [0.29, 0.717) is 24.9 Å². The quantitative estimate of drug-likeness (QED) is 0.163. The van der Waals surface area contributed by atoms with Crippen molar-refractivity contribution < 1.29 is 26.2 Å². The van der Waals surface area contributed by atoms with Crippen LogP contribution in [0.25, 0.3) is 10.6 Å². The summed E-state index contributed by atoms with van der Waals surface area (Å²) in [5.74, 6) is 0.765. The standard InChI is InChI=1S/C29H24N4.2C7H7.Zr/c1-3-11-23-21(9-1)25-27(32-17-19-7-5-13-30-15-19)28(33-18-20-8-6-14-31-16-20)26-22-10-2-4-12-24(22)29(23,25)26;2*1-7-5-3-2-4-6-7;/h1-16,25-28H,17-18H2;2*2-6H,1H2;/q-2;2*-1;+4/t25?,26?,27-,28-,29?;;;/m1.../s1. The van der Waals surface area contributed by atoms with Gasteiger partial charge in [0.05, 0.1) is 0 Å². The Labute approximate surface area is 304 Å². The number of hydrogen-bond acceptors (Lipinski definition) is 2. The molecule has 4 atom stereocenters. The minimum atomic E-state index is 0. The van der Waals surface area contributed by atoms with Gasteiger partial charge in [0.25, 0.3) is 0 Å².